The van der Waals surface area contributed by atoms with Gasteiger partial charge in [-0.15, -0.1) is 11.6 Å². The number of hydrogen-bond donors (Lipinski definition) is 0. The first kappa shape index (κ1) is 22.5. The molecule has 4 unspecified atom stereocenters. The lowest BCUT2D eigenvalue weighted by atomic mass is 9.75. The van der Waals surface area contributed by atoms with E-state index < -0.39 is 22.2 Å². The molecule has 0 amide bonds. The molecule has 0 radical (unpaired) electrons. The standard InChI is InChI=1S/C25H30Cl2FNO4/c1-22(2,28)21-17(20(29-33-21)19-18(26)5-4-6-23(19,3)27)13-30-16-10-14-9-15-11-24(15,12-16)25(14)31-7-8-32-25/h4-6,14-16,19H,7-13H2,1-3H3/t14-,15?,16-,19?,23?,24?/m1/s1. The third kappa shape index (κ3) is 3.24. The predicted octanol–water partition coefficient (Wildman–Crippen LogP) is 6.10. The van der Waals surface area contributed by atoms with E-state index in [0.29, 0.717) is 41.3 Å². The van der Waals surface area contributed by atoms with Gasteiger partial charge in [0.25, 0.3) is 0 Å². The van der Waals surface area contributed by atoms with E-state index in [0.717, 1.165) is 25.7 Å². The number of ether oxygens (including phenoxy) is 3. The number of nitrogens with zero attached hydrogens (tertiary/aromatic N) is 1. The SMILES string of the molecule is CC(C)(F)c1onc(C2C(Cl)=CC=CC2(C)Cl)c1CO[C@@H]1C[C@H]2CC3CC3(C1)C21OCCO1. The third-order valence-electron chi connectivity index (χ3n) is 8.50. The molecule has 180 valence electrons. The van der Waals surface area contributed by atoms with Gasteiger partial charge in [0.2, 0.25) is 0 Å². The number of allylic oxidation sites excluding steroid dienone is 4. The Kier molecular flexibility index (Phi) is 4.98. The van der Waals surface area contributed by atoms with Crippen molar-refractivity contribution in [2.45, 2.75) is 81.4 Å². The van der Waals surface area contributed by atoms with Crippen LogP contribution < -0.4 is 0 Å². The second kappa shape index (κ2) is 7.30. The minimum absolute atomic E-state index is 0.0545. The maximum absolute atomic E-state index is 15.1. The molecule has 1 aromatic rings. The Morgan fingerprint density at radius 2 is 1.97 bits per heavy atom. The summed E-state index contributed by atoms with van der Waals surface area (Å²) >= 11 is 13.4. The first-order chi connectivity index (χ1) is 15.6. The van der Waals surface area contributed by atoms with Gasteiger partial charge in [-0.3, -0.25) is 0 Å². The first-order valence-corrected chi connectivity index (χ1v) is 12.6. The maximum atomic E-state index is 15.1. The third-order valence-corrected chi connectivity index (χ3v) is 9.19. The number of aromatic nitrogens is 1. The van der Waals surface area contributed by atoms with Crippen molar-refractivity contribution < 1.29 is 23.1 Å². The van der Waals surface area contributed by atoms with Crippen LogP contribution in [0.4, 0.5) is 4.39 Å². The number of rotatable bonds is 5. The lowest BCUT2D eigenvalue weighted by Crippen LogP contribution is -2.51. The second-order valence-electron chi connectivity index (χ2n) is 11.1. The molecule has 4 aliphatic carbocycles. The van der Waals surface area contributed by atoms with Crippen molar-refractivity contribution in [3.63, 3.8) is 0 Å². The number of alkyl halides is 2. The molecule has 5 nitrogen and oxygen atoms in total. The van der Waals surface area contributed by atoms with Gasteiger partial charge in [0.05, 0.1) is 42.4 Å². The fourth-order valence-corrected chi connectivity index (χ4v) is 7.85. The molecule has 2 heterocycles. The molecule has 2 spiro atoms. The molecule has 0 N–H and O–H groups in total. The van der Waals surface area contributed by atoms with E-state index >= 15 is 4.39 Å². The zero-order valence-electron chi connectivity index (χ0n) is 19.2. The molecular weight excluding hydrogens is 468 g/mol. The highest BCUT2D eigenvalue weighted by Gasteiger charge is 2.79. The zero-order chi connectivity index (χ0) is 23.2. The summed E-state index contributed by atoms with van der Waals surface area (Å²) in [6, 6.07) is 0. The van der Waals surface area contributed by atoms with Crippen LogP contribution in [0.25, 0.3) is 0 Å². The van der Waals surface area contributed by atoms with Crippen molar-refractivity contribution >= 4 is 23.2 Å². The van der Waals surface area contributed by atoms with Gasteiger partial charge in [0, 0.05) is 21.9 Å². The van der Waals surface area contributed by atoms with E-state index in [4.69, 9.17) is 41.9 Å². The van der Waals surface area contributed by atoms with Crippen molar-refractivity contribution in [3.05, 3.63) is 40.3 Å². The fourth-order valence-electron chi connectivity index (χ4n) is 7.10. The van der Waals surface area contributed by atoms with E-state index in [9.17, 15) is 0 Å². The Hall–Kier alpha value is -0.920. The van der Waals surface area contributed by atoms with E-state index in [1.54, 1.807) is 6.08 Å². The zero-order valence-corrected chi connectivity index (χ0v) is 20.7. The van der Waals surface area contributed by atoms with Gasteiger partial charge in [0.15, 0.2) is 17.2 Å². The van der Waals surface area contributed by atoms with Gasteiger partial charge in [0.1, 0.15) is 0 Å². The predicted molar refractivity (Wildman–Crippen MR) is 122 cm³/mol. The summed E-state index contributed by atoms with van der Waals surface area (Å²) < 4.78 is 39.5. The Morgan fingerprint density at radius 1 is 1.21 bits per heavy atom. The minimum Gasteiger partial charge on any atom is -0.373 e. The fraction of sp³-hybridized carbons (Fsp3) is 0.720. The molecular formula is C25H30Cl2FNO4. The average molecular weight is 498 g/mol. The van der Waals surface area contributed by atoms with Crippen LogP contribution in [0, 0.1) is 17.3 Å². The van der Waals surface area contributed by atoms with Crippen molar-refractivity contribution in [2.75, 3.05) is 13.2 Å². The Morgan fingerprint density at radius 3 is 2.64 bits per heavy atom. The summed E-state index contributed by atoms with van der Waals surface area (Å²) in [5.41, 5.74) is -0.494. The van der Waals surface area contributed by atoms with Gasteiger partial charge in [-0.2, -0.15) is 0 Å². The molecule has 1 aromatic heterocycles. The summed E-state index contributed by atoms with van der Waals surface area (Å²) in [4.78, 5) is -0.803. The molecule has 2 bridgehead atoms. The highest BCUT2D eigenvalue weighted by Crippen LogP contribution is 2.77. The highest BCUT2D eigenvalue weighted by atomic mass is 35.5. The number of hydrogen-bond acceptors (Lipinski definition) is 5. The van der Waals surface area contributed by atoms with Crippen molar-refractivity contribution in [2.24, 2.45) is 17.3 Å². The molecule has 1 saturated heterocycles. The normalized spacial score (nSPS) is 40.8. The van der Waals surface area contributed by atoms with Gasteiger partial charge >= 0.3 is 0 Å². The molecule has 5 aliphatic rings. The molecule has 3 saturated carbocycles. The van der Waals surface area contributed by atoms with Crippen LogP contribution in [0.15, 0.2) is 27.8 Å². The summed E-state index contributed by atoms with van der Waals surface area (Å²) in [5.74, 6) is 0.337. The molecule has 8 heteroatoms. The van der Waals surface area contributed by atoms with Crippen LogP contribution >= 0.6 is 23.2 Å². The Labute approximate surface area is 203 Å². The topological polar surface area (TPSA) is 53.7 Å². The Balaban J connectivity index is 1.27. The summed E-state index contributed by atoms with van der Waals surface area (Å²) in [7, 11) is 0. The van der Waals surface area contributed by atoms with Crippen molar-refractivity contribution in [1.82, 2.24) is 5.16 Å². The molecule has 1 aliphatic heterocycles. The lowest BCUT2D eigenvalue weighted by molar-refractivity contribution is -0.257. The van der Waals surface area contributed by atoms with Crippen LogP contribution in [0.3, 0.4) is 0 Å². The molecule has 6 rings (SSSR count). The Bertz CT molecular complexity index is 1020. The van der Waals surface area contributed by atoms with Crippen molar-refractivity contribution in [3.8, 4) is 0 Å². The minimum atomic E-state index is -1.71. The summed E-state index contributed by atoms with van der Waals surface area (Å²) in [6.07, 6.45) is 9.62. The quantitative estimate of drug-likeness (QED) is 0.459. The maximum Gasteiger partial charge on any atom is 0.179 e. The monoisotopic (exact) mass is 497 g/mol. The van der Waals surface area contributed by atoms with Gasteiger partial charge in [-0.1, -0.05) is 28.9 Å². The lowest BCUT2D eigenvalue weighted by Gasteiger charge is -2.45. The van der Waals surface area contributed by atoms with E-state index in [1.165, 1.54) is 13.8 Å². The van der Waals surface area contributed by atoms with Crippen LogP contribution in [0.1, 0.15) is 69.4 Å². The molecule has 6 atom stereocenters. The van der Waals surface area contributed by atoms with Gasteiger partial charge in [-0.05, 0) is 58.4 Å². The smallest absolute Gasteiger partial charge is 0.179 e. The molecule has 33 heavy (non-hydrogen) atoms. The van der Waals surface area contributed by atoms with E-state index in [-0.39, 0.29) is 23.9 Å². The molecule has 0 aromatic carbocycles. The average Bonchev–Trinajstić information content (AvgIpc) is 3.04. The largest absolute Gasteiger partial charge is 0.373 e. The second-order valence-corrected chi connectivity index (χ2v) is 12.3. The van der Waals surface area contributed by atoms with Crippen LogP contribution in [0.2, 0.25) is 0 Å². The van der Waals surface area contributed by atoms with Crippen LogP contribution in [-0.2, 0) is 26.5 Å². The summed E-state index contributed by atoms with van der Waals surface area (Å²) in [6.45, 7) is 6.36. The van der Waals surface area contributed by atoms with Gasteiger partial charge < -0.3 is 18.7 Å². The van der Waals surface area contributed by atoms with Crippen molar-refractivity contribution in [1.29, 1.82) is 0 Å². The summed E-state index contributed by atoms with van der Waals surface area (Å²) in [5, 5.41) is 4.80. The molecule has 4 fully saturated rings. The number of halogens is 3. The van der Waals surface area contributed by atoms with Crippen LogP contribution in [-0.4, -0.2) is 35.1 Å². The van der Waals surface area contributed by atoms with E-state index in [1.807, 2.05) is 19.1 Å². The van der Waals surface area contributed by atoms with Crippen LogP contribution in [0.5, 0.6) is 0 Å². The van der Waals surface area contributed by atoms with E-state index in [2.05, 4.69) is 5.16 Å². The highest BCUT2D eigenvalue weighted by molar-refractivity contribution is 6.33. The first-order valence-electron chi connectivity index (χ1n) is 11.9. The van der Waals surface area contributed by atoms with Gasteiger partial charge in [-0.25, -0.2) is 4.39 Å².